The maximum absolute atomic E-state index is 5.93. The Kier molecular flexibility index (Phi) is 3.85. The van der Waals surface area contributed by atoms with Crippen molar-refractivity contribution in [1.29, 1.82) is 0 Å². The SMILES string of the molecule is Cc1ccc(-c2nnc([C@@H](C)Sc3nnc(C4CC4)n3C3CC3)o2)cc1. The van der Waals surface area contributed by atoms with E-state index in [1.807, 2.05) is 12.1 Å². The smallest absolute Gasteiger partial charge is 0.247 e. The molecule has 7 heteroatoms. The first-order valence-electron chi connectivity index (χ1n) is 9.21. The Morgan fingerprint density at radius 3 is 2.50 bits per heavy atom. The standard InChI is InChI=1S/C19H21N5OS/c1-11-3-5-14(6-4-11)18-22-21-17(25-18)12(2)26-19-23-20-16(13-7-8-13)24(19)15-9-10-15/h3-6,12-13,15H,7-10H2,1-2H3/t12-/m1/s1. The second-order valence-corrected chi connectivity index (χ2v) is 8.60. The number of nitrogens with zero attached hydrogens (tertiary/aromatic N) is 5. The third-order valence-electron chi connectivity index (χ3n) is 4.91. The molecular weight excluding hydrogens is 346 g/mol. The van der Waals surface area contributed by atoms with Gasteiger partial charge in [0.05, 0.1) is 5.25 Å². The zero-order valence-corrected chi connectivity index (χ0v) is 15.7. The fourth-order valence-corrected chi connectivity index (χ4v) is 4.04. The number of benzene rings is 1. The van der Waals surface area contributed by atoms with E-state index in [1.54, 1.807) is 11.8 Å². The number of aryl methyl sites for hydroxylation is 1. The van der Waals surface area contributed by atoms with Crippen LogP contribution >= 0.6 is 11.8 Å². The van der Waals surface area contributed by atoms with Gasteiger partial charge in [0, 0.05) is 17.5 Å². The third-order valence-corrected chi connectivity index (χ3v) is 5.96. The van der Waals surface area contributed by atoms with Gasteiger partial charge in [-0.3, -0.25) is 0 Å². The van der Waals surface area contributed by atoms with E-state index in [4.69, 9.17) is 4.42 Å². The quantitative estimate of drug-likeness (QED) is 0.588. The molecule has 2 aromatic heterocycles. The Balaban J connectivity index is 1.36. The first-order valence-corrected chi connectivity index (χ1v) is 10.1. The molecule has 0 N–H and O–H groups in total. The van der Waals surface area contributed by atoms with Crippen molar-refractivity contribution in [3.8, 4) is 11.5 Å². The van der Waals surface area contributed by atoms with Gasteiger partial charge in [-0.1, -0.05) is 29.5 Å². The zero-order valence-electron chi connectivity index (χ0n) is 14.9. The summed E-state index contributed by atoms with van der Waals surface area (Å²) in [4.78, 5) is 0. The molecule has 2 saturated carbocycles. The summed E-state index contributed by atoms with van der Waals surface area (Å²) in [6.07, 6.45) is 4.96. The average molecular weight is 367 g/mol. The summed E-state index contributed by atoms with van der Waals surface area (Å²) in [6, 6.07) is 8.71. The molecule has 2 aliphatic carbocycles. The Morgan fingerprint density at radius 1 is 1.04 bits per heavy atom. The van der Waals surface area contributed by atoms with E-state index in [2.05, 4.69) is 50.9 Å². The highest BCUT2D eigenvalue weighted by atomic mass is 32.2. The average Bonchev–Trinajstić information content (AvgIpc) is 3.57. The van der Waals surface area contributed by atoms with E-state index >= 15 is 0 Å². The summed E-state index contributed by atoms with van der Waals surface area (Å²) >= 11 is 1.66. The predicted octanol–water partition coefficient (Wildman–Crippen LogP) is 4.70. The minimum absolute atomic E-state index is 0.0375. The van der Waals surface area contributed by atoms with Crippen molar-refractivity contribution in [2.45, 2.75) is 61.9 Å². The molecule has 0 radical (unpaired) electrons. The molecule has 0 amide bonds. The van der Waals surface area contributed by atoms with Crippen LogP contribution in [0, 0.1) is 6.92 Å². The van der Waals surface area contributed by atoms with Crippen LogP contribution < -0.4 is 0 Å². The minimum Gasteiger partial charge on any atom is -0.419 e. The lowest BCUT2D eigenvalue weighted by molar-refractivity contribution is 0.508. The number of hydrogen-bond donors (Lipinski definition) is 0. The normalized spacial score (nSPS) is 18.2. The molecule has 26 heavy (non-hydrogen) atoms. The molecule has 2 heterocycles. The molecule has 0 spiro atoms. The Bertz CT molecular complexity index is 924. The largest absolute Gasteiger partial charge is 0.419 e. The lowest BCUT2D eigenvalue weighted by atomic mass is 10.1. The van der Waals surface area contributed by atoms with E-state index < -0.39 is 0 Å². The zero-order chi connectivity index (χ0) is 17.7. The molecule has 2 fully saturated rings. The summed E-state index contributed by atoms with van der Waals surface area (Å²) in [6.45, 7) is 4.15. The maximum Gasteiger partial charge on any atom is 0.247 e. The molecule has 3 aromatic rings. The van der Waals surface area contributed by atoms with E-state index in [0.29, 0.717) is 23.7 Å². The van der Waals surface area contributed by atoms with Gasteiger partial charge < -0.3 is 8.98 Å². The summed E-state index contributed by atoms with van der Waals surface area (Å²) in [7, 11) is 0. The highest BCUT2D eigenvalue weighted by Gasteiger charge is 2.37. The van der Waals surface area contributed by atoms with Crippen molar-refractivity contribution in [3.63, 3.8) is 0 Å². The van der Waals surface area contributed by atoms with Crippen LogP contribution in [-0.2, 0) is 0 Å². The van der Waals surface area contributed by atoms with Crippen molar-refractivity contribution in [3.05, 3.63) is 41.5 Å². The summed E-state index contributed by atoms with van der Waals surface area (Å²) in [5, 5.41) is 18.4. The highest BCUT2D eigenvalue weighted by Crippen LogP contribution is 2.47. The van der Waals surface area contributed by atoms with Crippen LogP contribution in [0.4, 0.5) is 0 Å². The summed E-state index contributed by atoms with van der Waals surface area (Å²) in [5.41, 5.74) is 2.16. The van der Waals surface area contributed by atoms with Crippen LogP contribution in [0.3, 0.4) is 0 Å². The first-order chi connectivity index (χ1) is 12.7. The maximum atomic E-state index is 5.93. The van der Waals surface area contributed by atoms with E-state index in [9.17, 15) is 0 Å². The molecule has 6 nitrogen and oxygen atoms in total. The van der Waals surface area contributed by atoms with E-state index in [0.717, 1.165) is 10.7 Å². The van der Waals surface area contributed by atoms with Crippen LogP contribution in [0.15, 0.2) is 33.8 Å². The van der Waals surface area contributed by atoms with Gasteiger partial charge >= 0.3 is 0 Å². The molecular formula is C19H21N5OS. The Labute approximate surface area is 156 Å². The minimum atomic E-state index is 0.0375. The van der Waals surface area contributed by atoms with Crippen molar-refractivity contribution in [2.24, 2.45) is 0 Å². The molecule has 1 atom stereocenters. The lowest BCUT2D eigenvalue weighted by Gasteiger charge is -2.10. The molecule has 5 rings (SSSR count). The summed E-state index contributed by atoms with van der Waals surface area (Å²) < 4.78 is 8.28. The highest BCUT2D eigenvalue weighted by molar-refractivity contribution is 7.99. The first kappa shape index (κ1) is 16.1. The van der Waals surface area contributed by atoms with Crippen molar-refractivity contribution < 1.29 is 4.42 Å². The Morgan fingerprint density at radius 2 is 1.81 bits per heavy atom. The molecule has 1 aromatic carbocycles. The van der Waals surface area contributed by atoms with Gasteiger partial charge in [-0.15, -0.1) is 20.4 Å². The number of hydrogen-bond acceptors (Lipinski definition) is 6. The van der Waals surface area contributed by atoms with Crippen LogP contribution in [0.25, 0.3) is 11.5 Å². The molecule has 0 unspecified atom stereocenters. The van der Waals surface area contributed by atoms with Gasteiger partial charge in [-0.25, -0.2) is 0 Å². The van der Waals surface area contributed by atoms with Gasteiger partial charge in [-0.05, 0) is 51.7 Å². The molecule has 2 aliphatic rings. The fraction of sp³-hybridized carbons (Fsp3) is 0.474. The Hall–Kier alpha value is -2.15. The van der Waals surface area contributed by atoms with E-state index in [1.165, 1.54) is 37.1 Å². The fourth-order valence-electron chi connectivity index (χ4n) is 3.08. The number of aromatic nitrogens is 5. The van der Waals surface area contributed by atoms with Gasteiger partial charge in [-0.2, -0.15) is 0 Å². The van der Waals surface area contributed by atoms with Gasteiger partial charge in [0.1, 0.15) is 5.82 Å². The molecule has 0 saturated heterocycles. The predicted molar refractivity (Wildman–Crippen MR) is 99.0 cm³/mol. The summed E-state index contributed by atoms with van der Waals surface area (Å²) in [5.74, 6) is 2.98. The second-order valence-electron chi connectivity index (χ2n) is 7.29. The third kappa shape index (κ3) is 3.05. The van der Waals surface area contributed by atoms with Crippen molar-refractivity contribution >= 4 is 11.8 Å². The monoisotopic (exact) mass is 367 g/mol. The van der Waals surface area contributed by atoms with Gasteiger partial charge in [0.25, 0.3) is 0 Å². The van der Waals surface area contributed by atoms with Crippen LogP contribution in [0.5, 0.6) is 0 Å². The van der Waals surface area contributed by atoms with Crippen LogP contribution in [-0.4, -0.2) is 25.0 Å². The van der Waals surface area contributed by atoms with Gasteiger partial charge in [0.2, 0.25) is 11.8 Å². The van der Waals surface area contributed by atoms with Crippen molar-refractivity contribution in [1.82, 2.24) is 25.0 Å². The molecule has 0 bridgehead atoms. The lowest BCUT2D eigenvalue weighted by Crippen LogP contribution is -2.02. The van der Waals surface area contributed by atoms with Crippen LogP contribution in [0.2, 0.25) is 0 Å². The van der Waals surface area contributed by atoms with Gasteiger partial charge in [0.15, 0.2) is 5.16 Å². The molecule has 134 valence electrons. The number of rotatable bonds is 6. The second kappa shape index (κ2) is 6.23. The van der Waals surface area contributed by atoms with E-state index in [-0.39, 0.29) is 5.25 Å². The molecule has 0 aliphatic heterocycles. The van der Waals surface area contributed by atoms with Crippen molar-refractivity contribution in [2.75, 3.05) is 0 Å². The van der Waals surface area contributed by atoms with Crippen LogP contribution in [0.1, 0.15) is 67.1 Å². The number of thioether (sulfide) groups is 1. The topological polar surface area (TPSA) is 69.6 Å².